The van der Waals surface area contributed by atoms with Gasteiger partial charge in [-0.15, -0.1) is 0 Å². The van der Waals surface area contributed by atoms with Crippen molar-refractivity contribution in [1.82, 2.24) is 0 Å². The third kappa shape index (κ3) is 38.1. The molecule has 0 saturated carbocycles. The Bertz CT molecular complexity index is 425. The SMILES string of the molecule is CCCC/C=C\CCCCCCCCCC=O.CCCCCC/C=C\CCCCCCCC=O. The second-order valence-corrected chi connectivity index (χ2v) is 9.67. The lowest BCUT2D eigenvalue weighted by atomic mass is 10.1. The maximum Gasteiger partial charge on any atom is 0.119 e. The Labute approximate surface area is 214 Å². The van der Waals surface area contributed by atoms with E-state index in [2.05, 4.69) is 38.2 Å². The summed E-state index contributed by atoms with van der Waals surface area (Å²) in [6, 6.07) is 0. The molecular formula is C32H60O2. The van der Waals surface area contributed by atoms with Crippen LogP contribution < -0.4 is 0 Å². The average molecular weight is 477 g/mol. The predicted molar refractivity (Wildman–Crippen MR) is 153 cm³/mol. The Morgan fingerprint density at radius 2 is 0.588 bits per heavy atom. The molecule has 0 aromatic rings. The molecule has 0 aromatic carbocycles. The first-order valence-electron chi connectivity index (χ1n) is 15.0. The second-order valence-electron chi connectivity index (χ2n) is 9.67. The van der Waals surface area contributed by atoms with Gasteiger partial charge in [-0.05, 0) is 57.8 Å². The lowest BCUT2D eigenvalue weighted by Gasteiger charge is -1.99. The molecule has 0 aliphatic carbocycles. The molecule has 0 heterocycles. The van der Waals surface area contributed by atoms with Crippen molar-refractivity contribution in [3.05, 3.63) is 24.3 Å². The van der Waals surface area contributed by atoms with Crippen LogP contribution in [0.2, 0.25) is 0 Å². The van der Waals surface area contributed by atoms with Crippen LogP contribution >= 0.6 is 0 Å². The monoisotopic (exact) mass is 476 g/mol. The molecule has 0 unspecified atom stereocenters. The van der Waals surface area contributed by atoms with E-state index in [0.717, 1.165) is 38.3 Å². The van der Waals surface area contributed by atoms with Gasteiger partial charge in [0, 0.05) is 12.8 Å². The first-order chi connectivity index (χ1) is 16.8. The maximum atomic E-state index is 10.1. The second kappa shape index (κ2) is 36.4. The van der Waals surface area contributed by atoms with E-state index in [1.807, 2.05) is 0 Å². The van der Waals surface area contributed by atoms with Crippen molar-refractivity contribution in [1.29, 1.82) is 0 Å². The zero-order valence-electron chi connectivity index (χ0n) is 23.3. The number of carbonyl (C=O) groups is 2. The first kappa shape index (κ1) is 35.0. The molecule has 0 amide bonds. The van der Waals surface area contributed by atoms with Gasteiger partial charge in [-0.1, -0.05) is 122 Å². The van der Waals surface area contributed by atoms with Crippen LogP contribution in [0, 0.1) is 0 Å². The molecule has 34 heavy (non-hydrogen) atoms. The Balaban J connectivity index is 0. The van der Waals surface area contributed by atoms with Gasteiger partial charge >= 0.3 is 0 Å². The van der Waals surface area contributed by atoms with Crippen molar-refractivity contribution in [2.45, 2.75) is 168 Å². The molecule has 0 atom stereocenters. The summed E-state index contributed by atoms with van der Waals surface area (Å²) < 4.78 is 0. The third-order valence-corrected chi connectivity index (χ3v) is 6.17. The molecule has 0 aliphatic rings. The molecule has 0 aromatic heterocycles. The van der Waals surface area contributed by atoms with Crippen molar-refractivity contribution < 1.29 is 9.59 Å². The molecule has 0 rings (SSSR count). The van der Waals surface area contributed by atoms with E-state index in [9.17, 15) is 9.59 Å². The molecule has 200 valence electrons. The Morgan fingerprint density at radius 3 is 0.912 bits per heavy atom. The Morgan fingerprint density at radius 1 is 0.324 bits per heavy atom. The fourth-order valence-electron chi connectivity index (χ4n) is 3.88. The van der Waals surface area contributed by atoms with E-state index in [1.54, 1.807) is 0 Å². The summed E-state index contributed by atoms with van der Waals surface area (Å²) in [5, 5.41) is 0. The molecule has 0 saturated heterocycles. The fourth-order valence-corrected chi connectivity index (χ4v) is 3.88. The minimum absolute atomic E-state index is 0.748. The standard InChI is InChI=1S/2C16H30O/c2*1-2-3-4-5-6-7-8-9-10-11-12-13-14-15-16-17/h7-8,16H,2-6,9-15H2,1H3;5-6,16H,2-4,7-15H2,1H3/b8-7-;6-5-. The summed E-state index contributed by atoms with van der Waals surface area (Å²) in [7, 11) is 0. The highest BCUT2D eigenvalue weighted by Gasteiger charge is 1.91. The van der Waals surface area contributed by atoms with Crippen LogP contribution in [-0.2, 0) is 9.59 Å². The highest BCUT2D eigenvalue weighted by molar-refractivity contribution is 5.49. The molecule has 0 N–H and O–H groups in total. The summed E-state index contributed by atoms with van der Waals surface area (Å²) in [4.78, 5) is 20.2. The van der Waals surface area contributed by atoms with E-state index in [1.165, 1.54) is 128 Å². The first-order valence-corrected chi connectivity index (χ1v) is 15.0. The Kier molecular flexibility index (Phi) is 37.4. The zero-order chi connectivity index (χ0) is 25.2. The van der Waals surface area contributed by atoms with E-state index < -0.39 is 0 Å². The number of hydrogen-bond donors (Lipinski definition) is 0. The summed E-state index contributed by atoms with van der Waals surface area (Å²) >= 11 is 0. The van der Waals surface area contributed by atoms with E-state index >= 15 is 0 Å². The average Bonchev–Trinajstić information content (AvgIpc) is 2.85. The summed E-state index contributed by atoms with van der Waals surface area (Å²) in [6.45, 7) is 4.49. The number of allylic oxidation sites excluding steroid dienone is 4. The summed E-state index contributed by atoms with van der Waals surface area (Å²) in [5.74, 6) is 0. The van der Waals surface area contributed by atoms with Crippen LogP contribution in [0.15, 0.2) is 24.3 Å². The number of unbranched alkanes of at least 4 members (excludes halogenated alkanes) is 20. The number of aldehydes is 2. The van der Waals surface area contributed by atoms with E-state index in [0.29, 0.717) is 0 Å². The van der Waals surface area contributed by atoms with Gasteiger partial charge in [0.1, 0.15) is 12.6 Å². The fraction of sp³-hybridized carbons (Fsp3) is 0.812. The molecule has 0 aliphatic heterocycles. The van der Waals surface area contributed by atoms with Crippen LogP contribution in [0.25, 0.3) is 0 Å². The highest BCUT2D eigenvalue weighted by Crippen LogP contribution is 2.10. The molecule has 0 bridgehead atoms. The van der Waals surface area contributed by atoms with Crippen molar-refractivity contribution >= 4 is 12.6 Å². The highest BCUT2D eigenvalue weighted by atomic mass is 16.1. The Hall–Kier alpha value is -1.18. The summed E-state index contributed by atoms with van der Waals surface area (Å²) in [5.41, 5.74) is 0. The molecule has 0 spiro atoms. The quantitative estimate of drug-likeness (QED) is 0.0706. The predicted octanol–water partition coefficient (Wildman–Crippen LogP) is 10.9. The minimum Gasteiger partial charge on any atom is -0.303 e. The third-order valence-electron chi connectivity index (χ3n) is 6.17. The molecule has 0 radical (unpaired) electrons. The van der Waals surface area contributed by atoms with Gasteiger partial charge < -0.3 is 9.59 Å². The lowest BCUT2D eigenvalue weighted by molar-refractivity contribution is -0.108. The van der Waals surface area contributed by atoms with E-state index in [-0.39, 0.29) is 0 Å². The van der Waals surface area contributed by atoms with E-state index in [4.69, 9.17) is 0 Å². The van der Waals surface area contributed by atoms with Crippen molar-refractivity contribution in [3.63, 3.8) is 0 Å². The lowest BCUT2D eigenvalue weighted by Crippen LogP contribution is -1.81. The number of carbonyl (C=O) groups excluding carboxylic acids is 2. The topological polar surface area (TPSA) is 34.1 Å². The number of hydrogen-bond acceptors (Lipinski definition) is 2. The molecule has 0 fully saturated rings. The van der Waals surface area contributed by atoms with Gasteiger partial charge in [-0.25, -0.2) is 0 Å². The smallest absolute Gasteiger partial charge is 0.119 e. The van der Waals surface area contributed by atoms with Crippen LogP contribution in [0.3, 0.4) is 0 Å². The zero-order valence-corrected chi connectivity index (χ0v) is 23.3. The maximum absolute atomic E-state index is 10.1. The normalized spacial score (nSPS) is 11.1. The van der Waals surface area contributed by atoms with Crippen LogP contribution in [0.1, 0.15) is 168 Å². The van der Waals surface area contributed by atoms with Gasteiger partial charge in [0.25, 0.3) is 0 Å². The van der Waals surface area contributed by atoms with Crippen LogP contribution in [0.4, 0.5) is 0 Å². The van der Waals surface area contributed by atoms with Crippen LogP contribution in [-0.4, -0.2) is 12.6 Å². The van der Waals surface area contributed by atoms with Gasteiger partial charge in [0.2, 0.25) is 0 Å². The largest absolute Gasteiger partial charge is 0.303 e. The van der Waals surface area contributed by atoms with Gasteiger partial charge in [0.15, 0.2) is 0 Å². The molecule has 2 nitrogen and oxygen atoms in total. The van der Waals surface area contributed by atoms with Crippen molar-refractivity contribution in [3.8, 4) is 0 Å². The van der Waals surface area contributed by atoms with Gasteiger partial charge in [-0.3, -0.25) is 0 Å². The number of rotatable bonds is 26. The van der Waals surface area contributed by atoms with Crippen LogP contribution in [0.5, 0.6) is 0 Å². The minimum atomic E-state index is 0.748. The van der Waals surface area contributed by atoms with Gasteiger partial charge in [0.05, 0.1) is 0 Å². The van der Waals surface area contributed by atoms with Crippen molar-refractivity contribution in [2.75, 3.05) is 0 Å². The molecular weight excluding hydrogens is 416 g/mol. The van der Waals surface area contributed by atoms with Crippen molar-refractivity contribution in [2.24, 2.45) is 0 Å². The van der Waals surface area contributed by atoms with Gasteiger partial charge in [-0.2, -0.15) is 0 Å². The molecule has 2 heteroatoms. The summed E-state index contributed by atoms with van der Waals surface area (Å²) in [6.07, 6.45) is 41.3.